The molecule has 2 aromatic rings. The van der Waals surface area contributed by atoms with E-state index in [1.807, 2.05) is 0 Å². The van der Waals surface area contributed by atoms with Gasteiger partial charge in [0.25, 0.3) is 0 Å². The van der Waals surface area contributed by atoms with Crippen LogP contribution >= 0.6 is 23.1 Å². The maximum atomic E-state index is 12.3. The van der Waals surface area contributed by atoms with E-state index < -0.39 is 11.1 Å². The monoisotopic (exact) mass is 262 g/mol. The van der Waals surface area contributed by atoms with Crippen LogP contribution in [0, 0.1) is 6.07 Å². The van der Waals surface area contributed by atoms with Crippen LogP contribution in [0.25, 0.3) is 11.3 Å². The molecule has 1 aromatic heterocycles. The van der Waals surface area contributed by atoms with E-state index in [1.165, 1.54) is 0 Å². The van der Waals surface area contributed by atoms with Crippen LogP contribution in [0.5, 0.6) is 0 Å². The maximum absolute atomic E-state index is 12.3. The quantitative estimate of drug-likeness (QED) is 0.747. The van der Waals surface area contributed by atoms with E-state index >= 15 is 0 Å². The van der Waals surface area contributed by atoms with E-state index in [4.69, 9.17) is 11.6 Å². The molecule has 83 valence electrons. The fourth-order valence-electron chi connectivity index (χ4n) is 1.10. The summed E-state index contributed by atoms with van der Waals surface area (Å²) in [5.74, 6) is 0. The average Bonchev–Trinajstić information content (AvgIpc) is 2.67. The first-order valence-corrected chi connectivity index (χ1v) is 5.34. The molecule has 0 saturated carbocycles. The molecule has 0 spiro atoms. The van der Waals surface area contributed by atoms with Crippen LogP contribution in [-0.2, 0) is 6.18 Å². The Morgan fingerprint density at radius 2 is 1.81 bits per heavy atom. The first-order valence-electron chi connectivity index (χ1n) is 4.19. The second-order valence-corrected chi connectivity index (χ2v) is 4.20. The van der Waals surface area contributed by atoms with Crippen LogP contribution in [0.4, 0.5) is 13.2 Å². The minimum absolute atomic E-state index is 0.189. The summed E-state index contributed by atoms with van der Waals surface area (Å²) in [7, 11) is 0. The van der Waals surface area contributed by atoms with Crippen molar-refractivity contribution in [2.75, 3.05) is 0 Å². The molecule has 0 atom stereocenters. The van der Waals surface area contributed by atoms with Crippen molar-refractivity contribution in [1.82, 2.24) is 4.37 Å². The predicted molar refractivity (Wildman–Crippen MR) is 56.4 cm³/mol. The fraction of sp³-hybridized carbons (Fsp3) is 0.100. The first kappa shape index (κ1) is 11.4. The number of alkyl halides is 3. The zero-order chi connectivity index (χ0) is 11.8. The third-order valence-corrected chi connectivity index (χ3v) is 2.88. The van der Waals surface area contributed by atoms with Gasteiger partial charge in [0.05, 0.1) is 5.69 Å². The van der Waals surface area contributed by atoms with Gasteiger partial charge in [-0.05, 0) is 23.7 Å². The molecule has 1 radical (unpaired) electrons. The highest BCUT2D eigenvalue weighted by molar-refractivity contribution is 7.06. The molecule has 1 aromatic carbocycles. The van der Waals surface area contributed by atoms with Crippen LogP contribution in [0.15, 0.2) is 24.3 Å². The average molecular weight is 263 g/mol. The summed E-state index contributed by atoms with van der Waals surface area (Å²) in [6.45, 7) is 0. The number of hydrogen-bond donors (Lipinski definition) is 0. The number of rotatable bonds is 1. The summed E-state index contributed by atoms with van der Waals surface area (Å²) in [6.07, 6.45) is -4.39. The molecule has 2 rings (SSSR count). The van der Waals surface area contributed by atoms with Gasteiger partial charge in [-0.25, -0.2) is 0 Å². The Morgan fingerprint density at radius 3 is 2.31 bits per heavy atom. The molecule has 1 heterocycles. The Bertz CT molecular complexity index is 490. The van der Waals surface area contributed by atoms with Gasteiger partial charge in [0, 0.05) is 16.7 Å². The minimum Gasteiger partial charge on any atom is -0.191 e. The lowest BCUT2D eigenvalue weighted by molar-refractivity contribution is -0.134. The van der Waals surface area contributed by atoms with Crippen LogP contribution in [0.2, 0.25) is 5.02 Å². The molecule has 16 heavy (non-hydrogen) atoms. The van der Waals surface area contributed by atoms with Crippen molar-refractivity contribution in [3.8, 4) is 11.3 Å². The number of aromatic nitrogens is 1. The highest BCUT2D eigenvalue weighted by atomic mass is 35.5. The van der Waals surface area contributed by atoms with Crippen LogP contribution in [-0.4, -0.2) is 4.37 Å². The van der Waals surface area contributed by atoms with Crippen molar-refractivity contribution < 1.29 is 13.2 Å². The number of benzene rings is 1. The van der Waals surface area contributed by atoms with Crippen molar-refractivity contribution in [2.45, 2.75) is 6.18 Å². The van der Waals surface area contributed by atoms with E-state index in [9.17, 15) is 13.2 Å². The molecule has 0 aliphatic carbocycles. The molecule has 0 saturated heterocycles. The molecule has 0 N–H and O–H groups in total. The lowest BCUT2D eigenvalue weighted by atomic mass is 10.1. The number of halogens is 4. The van der Waals surface area contributed by atoms with Crippen molar-refractivity contribution in [3.05, 3.63) is 40.2 Å². The Hall–Kier alpha value is -1.07. The highest BCUT2D eigenvalue weighted by Gasteiger charge is 2.33. The Morgan fingerprint density at radius 1 is 1.19 bits per heavy atom. The molecule has 0 aliphatic rings. The van der Waals surface area contributed by atoms with E-state index in [0.29, 0.717) is 22.1 Å². The minimum atomic E-state index is -4.39. The summed E-state index contributed by atoms with van der Waals surface area (Å²) in [5, 5.41) is 0.523. The van der Waals surface area contributed by atoms with Gasteiger partial charge in [0.1, 0.15) is 4.88 Å². The normalized spacial score (nSPS) is 11.8. The van der Waals surface area contributed by atoms with Gasteiger partial charge >= 0.3 is 6.18 Å². The van der Waals surface area contributed by atoms with E-state index in [1.54, 1.807) is 24.3 Å². The lowest BCUT2D eigenvalue weighted by Gasteiger charge is -1.99. The highest BCUT2D eigenvalue weighted by Crippen LogP contribution is 2.34. The second kappa shape index (κ2) is 4.07. The Labute approximate surface area is 98.7 Å². The van der Waals surface area contributed by atoms with Gasteiger partial charge in [0.15, 0.2) is 0 Å². The molecule has 0 amide bonds. The second-order valence-electron chi connectivity index (χ2n) is 2.99. The molecule has 1 nitrogen and oxygen atoms in total. The third-order valence-electron chi connectivity index (χ3n) is 1.84. The molecule has 0 bridgehead atoms. The molecular weight excluding hydrogens is 259 g/mol. The van der Waals surface area contributed by atoms with Gasteiger partial charge in [-0.3, -0.25) is 0 Å². The summed E-state index contributed by atoms with van der Waals surface area (Å²) in [4.78, 5) is -0.822. The van der Waals surface area contributed by atoms with Gasteiger partial charge in [0.2, 0.25) is 0 Å². The first-order chi connectivity index (χ1) is 7.47. The molecule has 6 heteroatoms. The number of nitrogens with zero attached hydrogens (tertiary/aromatic N) is 1. The predicted octanol–water partition coefficient (Wildman–Crippen LogP) is 4.28. The van der Waals surface area contributed by atoms with Gasteiger partial charge in [-0.1, -0.05) is 23.7 Å². The molecule has 0 fully saturated rings. The van der Waals surface area contributed by atoms with Crippen LogP contribution < -0.4 is 0 Å². The van der Waals surface area contributed by atoms with Gasteiger partial charge < -0.3 is 0 Å². The van der Waals surface area contributed by atoms with Crippen molar-refractivity contribution in [2.24, 2.45) is 0 Å². The standard InChI is InChI=1S/C10H4ClF3NS/c11-7-3-1-6(2-4-7)8-5-9(16-15-8)10(12,13)14/h1-4H. The summed E-state index contributed by atoms with van der Waals surface area (Å²) < 4.78 is 40.6. The smallest absolute Gasteiger partial charge is 0.191 e. The van der Waals surface area contributed by atoms with Crippen LogP contribution in [0.3, 0.4) is 0 Å². The molecule has 0 aliphatic heterocycles. The Kier molecular flexibility index (Phi) is 2.90. The fourth-order valence-corrected chi connectivity index (χ4v) is 1.81. The third kappa shape index (κ3) is 2.36. The lowest BCUT2D eigenvalue weighted by Crippen LogP contribution is -2.00. The molecule has 0 unspecified atom stereocenters. The van der Waals surface area contributed by atoms with E-state index in [0.717, 1.165) is 0 Å². The van der Waals surface area contributed by atoms with E-state index in [-0.39, 0.29) is 5.69 Å². The van der Waals surface area contributed by atoms with Crippen molar-refractivity contribution in [1.29, 1.82) is 0 Å². The SMILES string of the molecule is FC(F)(F)c1[c]c(-c2ccc(Cl)cc2)ns1. The zero-order valence-electron chi connectivity index (χ0n) is 7.68. The summed E-state index contributed by atoms with van der Waals surface area (Å²) in [5.41, 5.74) is 0.755. The topological polar surface area (TPSA) is 12.9 Å². The Balaban J connectivity index is 2.35. The van der Waals surface area contributed by atoms with Gasteiger partial charge in [-0.15, -0.1) is 0 Å². The number of hydrogen-bond acceptors (Lipinski definition) is 2. The molecular formula is C10H4ClF3NS. The zero-order valence-corrected chi connectivity index (χ0v) is 9.25. The summed E-state index contributed by atoms with van der Waals surface area (Å²) in [6, 6.07) is 8.63. The van der Waals surface area contributed by atoms with Gasteiger partial charge in [-0.2, -0.15) is 17.5 Å². The summed E-state index contributed by atoms with van der Waals surface area (Å²) >= 11 is 6.06. The van der Waals surface area contributed by atoms with E-state index in [2.05, 4.69) is 10.4 Å². The van der Waals surface area contributed by atoms with Crippen LogP contribution in [0.1, 0.15) is 4.88 Å². The maximum Gasteiger partial charge on any atom is 0.427 e. The van der Waals surface area contributed by atoms with Crippen molar-refractivity contribution in [3.63, 3.8) is 0 Å². The van der Waals surface area contributed by atoms with Crippen molar-refractivity contribution >= 4 is 23.1 Å². The largest absolute Gasteiger partial charge is 0.427 e.